The highest BCUT2D eigenvalue weighted by Gasteiger charge is 2.22. The normalized spacial score (nSPS) is 14.9. The lowest BCUT2D eigenvalue weighted by atomic mass is 10.1. The van der Waals surface area contributed by atoms with Gasteiger partial charge in [0.15, 0.2) is 0 Å². The number of aromatic carboxylic acids is 1. The van der Waals surface area contributed by atoms with E-state index < -0.39 is 16.0 Å². The summed E-state index contributed by atoms with van der Waals surface area (Å²) in [5.41, 5.74) is 1.73. The van der Waals surface area contributed by atoms with Gasteiger partial charge >= 0.3 is 5.97 Å². The van der Waals surface area contributed by atoms with Gasteiger partial charge in [-0.15, -0.1) is 12.4 Å². The van der Waals surface area contributed by atoms with E-state index in [0.717, 1.165) is 32.7 Å². The molecule has 2 aromatic rings. The number of likely N-dealkylation sites (N-methyl/N-ethyl adjacent to an activating group) is 1. The molecule has 1 aliphatic rings. The van der Waals surface area contributed by atoms with Gasteiger partial charge in [0, 0.05) is 26.2 Å². The Balaban J connectivity index is 0.00000300. The Labute approximate surface area is 177 Å². The van der Waals surface area contributed by atoms with E-state index in [2.05, 4.69) is 21.4 Å². The zero-order valence-electron chi connectivity index (χ0n) is 16.2. The van der Waals surface area contributed by atoms with Crippen LogP contribution < -0.4 is 9.62 Å². The van der Waals surface area contributed by atoms with E-state index in [-0.39, 0.29) is 23.7 Å². The molecule has 1 aliphatic heterocycles. The van der Waals surface area contributed by atoms with Crippen molar-refractivity contribution in [3.8, 4) is 0 Å². The number of piperazine rings is 1. The first-order chi connectivity index (χ1) is 13.4. The number of rotatable bonds is 7. The maximum absolute atomic E-state index is 12.7. The molecule has 0 bridgehead atoms. The monoisotopic (exact) mass is 439 g/mol. The summed E-state index contributed by atoms with van der Waals surface area (Å²) in [5.74, 6) is -1.26. The van der Waals surface area contributed by atoms with Crippen LogP contribution in [0, 0.1) is 0 Å². The third kappa shape index (κ3) is 6.09. The molecule has 2 aromatic carbocycles. The van der Waals surface area contributed by atoms with Crippen LogP contribution in [0.25, 0.3) is 0 Å². The van der Waals surface area contributed by atoms with E-state index in [1.165, 1.54) is 12.1 Å². The summed E-state index contributed by atoms with van der Waals surface area (Å²) in [6, 6.07) is 13.5. The van der Waals surface area contributed by atoms with Gasteiger partial charge in [-0.3, -0.25) is 4.72 Å². The Hall–Kier alpha value is -2.29. The molecule has 7 nitrogen and oxygen atoms in total. The molecule has 2 N–H and O–H groups in total. The Morgan fingerprint density at radius 1 is 1.07 bits per heavy atom. The second-order valence-corrected chi connectivity index (χ2v) is 8.53. The van der Waals surface area contributed by atoms with Crippen molar-refractivity contribution in [3.05, 3.63) is 59.7 Å². The average molecular weight is 440 g/mol. The van der Waals surface area contributed by atoms with Crippen LogP contribution in [0.4, 0.5) is 11.4 Å². The van der Waals surface area contributed by atoms with Crippen LogP contribution in [0.5, 0.6) is 0 Å². The molecule has 0 radical (unpaired) electrons. The number of carboxylic acid groups (broad SMARTS) is 1. The number of hydrogen-bond donors (Lipinski definition) is 2. The van der Waals surface area contributed by atoms with E-state index in [9.17, 15) is 18.3 Å². The third-order valence-electron chi connectivity index (χ3n) is 4.87. The van der Waals surface area contributed by atoms with Crippen molar-refractivity contribution in [1.82, 2.24) is 4.90 Å². The lowest BCUT2D eigenvalue weighted by Crippen LogP contribution is -2.46. The molecule has 9 heteroatoms. The molecular formula is C20H26ClN3O4S. The van der Waals surface area contributed by atoms with Gasteiger partial charge < -0.3 is 14.9 Å². The van der Waals surface area contributed by atoms with Crippen LogP contribution in [0.3, 0.4) is 0 Å². The number of benzene rings is 2. The van der Waals surface area contributed by atoms with Gasteiger partial charge in [-0.25, -0.2) is 13.2 Å². The summed E-state index contributed by atoms with van der Waals surface area (Å²) >= 11 is 0. The number of nitrogens with zero attached hydrogens (tertiary/aromatic N) is 2. The highest BCUT2D eigenvalue weighted by molar-refractivity contribution is 7.91. The minimum absolute atomic E-state index is 0. The number of anilines is 2. The Morgan fingerprint density at radius 3 is 2.31 bits per heavy atom. The van der Waals surface area contributed by atoms with E-state index in [1.807, 2.05) is 6.07 Å². The molecule has 0 unspecified atom stereocenters. The third-order valence-corrected chi connectivity index (χ3v) is 6.11. The zero-order valence-corrected chi connectivity index (χ0v) is 17.9. The first kappa shape index (κ1) is 23.0. The van der Waals surface area contributed by atoms with Gasteiger partial charge in [-0.2, -0.15) is 0 Å². The topological polar surface area (TPSA) is 89.9 Å². The van der Waals surface area contributed by atoms with Crippen molar-refractivity contribution < 1.29 is 18.3 Å². The van der Waals surface area contributed by atoms with Crippen molar-refractivity contribution in [2.24, 2.45) is 0 Å². The van der Waals surface area contributed by atoms with E-state index in [0.29, 0.717) is 16.9 Å². The van der Waals surface area contributed by atoms with Crippen LogP contribution in [0.2, 0.25) is 0 Å². The summed E-state index contributed by atoms with van der Waals surface area (Å²) < 4.78 is 28.0. The molecule has 0 saturated carbocycles. The summed E-state index contributed by atoms with van der Waals surface area (Å²) in [7, 11) is -3.69. The molecule has 0 aromatic heterocycles. The standard InChI is InChI=1S/C20H25N3O4S.ClH/c1-2-22-10-12-23(13-11-22)19-9-8-17(20(24)25)14-18(19)21-28(26,27)15-16-6-4-3-5-7-16;/h3-9,14,21H,2,10-13,15H2,1H3,(H,24,25);1H. The van der Waals surface area contributed by atoms with Crippen molar-refractivity contribution >= 4 is 39.8 Å². The lowest BCUT2D eigenvalue weighted by molar-refractivity contribution is 0.0697. The second-order valence-electron chi connectivity index (χ2n) is 6.81. The lowest BCUT2D eigenvalue weighted by Gasteiger charge is -2.36. The second kappa shape index (κ2) is 9.96. The van der Waals surface area contributed by atoms with Crippen molar-refractivity contribution in [2.75, 3.05) is 42.3 Å². The fourth-order valence-corrected chi connectivity index (χ4v) is 4.53. The highest BCUT2D eigenvalue weighted by atomic mass is 35.5. The predicted molar refractivity (Wildman–Crippen MR) is 118 cm³/mol. The van der Waals surface area contributed by atoms with E-state index >= 15 is 0 Å². The molecule has 0 atom stereocenters. The number of carbonyl (C=O) groups is 1. The highest BCUT2D eigenvalue weighted by Crippen LogP contribution is 2.30. The number of carboxylic acids is 1. The minimum Gasteiger partial charge on any atom is -0.478 e. The fourth-order valence-electron chi connectivity index (χ4n) is 3.33. The van der Waals surface area contributed by atoms with Gasteiger partial charge in [0.25, 0.3) is 0 Å². The van der Waals surface area contributed by atoms with Crippen LogP contribution in [0.1, 0.15) is 22.8 Å². The molecule has 3 rings (SSSR count). The molecule has 1 heterocycles. The SMILES string of the molecule is CCN1CCN(c2ccc(C(=O)O)cc2NS(=O)(=O)Cc2ccccc2)CC1.Cl. The summed E-state index contributed by atoms with van der Waals surface area (Å²) in [6.07, 6.45) is 0. The Kier molecular flexibility index (Phi) is 7.89. The Bertz CT molecular complexity index is 930. The number of hydrogen-bond acceptors (Lipinski definition) is 5. The molecule has 0 spiro atoms. The van der Waals surface area contributed by atoms with Crippen molar-refractivity contribution in [1.29, 1.82) is 0 Å². The number of nitrogens with one attached hydrogen (secondary N) is 1. The van der Waals surface area contributed by atoms with Crippen molar-refractivity contribution in [3.63, 3.8) is 0 Å². The van der Waals surface area contributed by atoms with Gasteiger partial charge in [0.2, 0.25) is 10.0 Å². The summed E-state index contributed by atoms with van der Waals surface area (Å²) in [4.78, 5) is 15.8. The first-order valence-corrected chi connectivity index (χ1v) is 10.9. The van der Waals surface area contributed by atoms with Gasteiger partial charge in [0.1, 0.15) is 0 Å². The van der Waals surface area contributed by atoms with Crippen LogP contribution in [-0.4, -0.2) is 57.1 Å². The molecule has 0 aliphatic carbocycles. The minimum atomic E-state index is -3.69. The molecule has 0 amide bonds. The molecule has 158 valence electrons. The number of sulfonamides is 1. The van der Waals surface area contributed by atoms with Gasteiger partial charge in [-0.05, 0) is 30.3 Å². The zero-order chi connectivity index (χ0) is 20.1. The fraction of sp³-hybridized carbons (Fsp3) is 0.350. The van der Waals surface area contributed by atoms with E-state index in [1.54, 1.807) is 30.3 Å². The average Bonchev–Trinajstić information content (AvgIpc) is 2.68. The largest absolute Gasteiger partial charge is 0.478 e. The molecular weight excluding hydrogens is 414 g/mol. The molecule has 1 saturated heterocycles. The molecule has 1 fully saturated rings. The van der Waals surface area contributed by atoms with Gasteiger partial charge in [-0.1, -0.05) is 37.3 Å². The summed E-state index contributed by atoms with van der Waals surface area (Å²) in [6.45, 7) is 6.37. The maximum Gasteiger partial charge on any atom is 0.335 e. The Morgan fingerprint density at radius 2 is 1.72 bits per heavy atom. The first-order valence-electron chi connectivity index (χ1n) is 9.27. The smallest absolute Gasteiger partial charge is 0.335 e. The molecule has 29 heavy (non-hydrogen) atoms. The van der Waals surface area contributed by atoms with Crippen molar-refractivity contribution in [2.45, 2.75) is 12.7 Å². The van der Waals surface area contributed by atoms with Crippen LogP contribution in [0.15, 0.2) is 48.5 Å². The summed E-state index contributed by atoms with van der Waals surface area (Å²) in [5, 5.41) is 9.31. The quantitative estimate of drug-likeness (QED) is 0.689. The van der Waals surface area contributed by atoms with Gasteiger partial charge in [0.05, 0.1) is 22.7 Å². The maximum atomic E-state index is 12.7. The van der Waals surface area contributed by atoms with Crippen LogP contribution >= 0.6 is 12.4 Å². The predicted octanol–water partition coefficient (Wildman–Crippen LogP) is 2.89. The van der Waals surface area contributed by atoms with Crippen LogP contribution in [-0.2, 0) is 15.8 Å². The van der Waals surface area contributed by atoms with E-state index in [4.69, 9.17) is 0 Å². The number of halogens is 1.